The van der Waals surface area contributed by atoms with Crippen LogP contribution >= 0.6 is 0 Å². The molecule has 0 saturated heterocycles. The normalized spacial score (nSPS) is 20.9. The maximum Gasteiger partial charge on any atom is 0.134 e. The van der Waals surface area contributed by atoms with Gasteiger partial charge in [-0.3, -0.25) is 0 Å². The Labute approximate surface area is 113 Å². The Morgan fingerprint density at radius 2 is 1.84 bits per heavy atom. The molecule has 1 aromatic carbocycles. The molecule has 1 heterocycles. The molecule has 2 aromatic rings. The van der Waals surface area contributed by atoms with E-state index in [0.717, 1.165) is 17.2 Å². The fourth-order valence-electron chi connectivity index (χ4n) is 2.45. The van der Waals surface area contributed by atoms with Gasteiger partial charge in [0, 0.05) is 24.6 Å². The lowest BCUT2D eigenvalue weighted by atomic mass is 10.1. The molecule has 1 saturated carbocycles. The van der Waals surface area contributed by atoms with E-state index < -0.39 is 0 Å². The van der Waals surface area contributed by atoms with E-state index in [0.29, 0.717) is 12.0 Å². The highest BCUT2D eigenvalue weighted by atomic mass is 15.1. The number of benzene rings is 1. The van der Waals surface area contributed by atoms with Gasteiger partial charge in [0.25, 0.3) is 0 Å². The zero-order valence-electron chi connectivity index (χ0n) is 11.2. The summed E-state index contributed by atoms with van der Waals surface area (Å²) in [5.41, 5.74) is 2.48. The highest BCUT2D eigenvalue weighted by Gasteiger charge is 2.38. The molecule has 19 heavy (non-hydrogen) atoms. The first-order valence-electron chi connectivity index (χ1n) is 6.60. The Bertz CT molecular complexity index is 568. The van der Waals surface area contributed by atoms with Crippen LogP contribution in [0, 0.1) is 6.92 Å². The van der Waals surface area contributed by atoms with Crippen molar-refractivity contribution in [2.75, 3.05) is 17.7 Å². The first kappa shape index (κ1) is 12.0. The molecule has 4 heteroatoms. The third-order valence-corrected chi connectivity index (χ3v) is 3.66. The zero-order valence-corrected chi connectivity index (χ0v) is 11.2. The van der Waals surface area contributed by atoms with Crippen molar-refractivity contribution in [3.05, 3.63) is 47.8 Å². The van der Waals surface area contributed by atoms with Gasteiger partial charge in [0.2, 0.25) is 0 Å². The predicted molar refractivity (Wildman–Crippen MR) is 77.5 cm³/mol. The Balaban J connectivity index is 1.71. The fourth-order valence-corrected chi connectivity index (χ4v) is 2.45. The van der Waals surface area contributed by atoms with Gasteiger partial charge in [-0.1, -0.05) is 30.3 Å². The summed E-state index contributed by atoms with van der Waals surface area (Å²) < 4.78 is 0. The average molecular weight is 254 g/mol. The highest BCUT2D eigenvalue weighted by Crippen LogP contribution is 2.42. The molecule has 0 radical (unpaired) electrons. The van der Waals surface area contributed by atoms with Gasteiger partial charge in [-0.2, -0.15) is 0 Å². The van der Waals surface area contributed by atoms with E-state index >= 15 is 0 Å². The average Bonchev–Trinajstić information content (AvgIpc) is 3.21. The SMILES string of the molecule is CNc1ncnc(NC2CC2c2ccccc2)c1C. The van der Waals surface area contributed by atoms with Crippen molar-refractivity contribution in [1.29, 1.82) is 0 Å². The number of anilines is 2. The van der Waals surface area contributed by atoms with Crippen LogP contribution < -0.4 is 10.6 Å². The van der Waals surface area contributed by atoms with Crippen LogP contribution in [0.3, 0.4) is 0 Å². The van der Waals surface area contributed by atoms with Crippen LogP contribution in [0.25, 0.3) is 0 Å². The molecular formula is C15H18N4. The molecule has 0 amide bonds. The maximum absolute atomic E-state index is 4.33. The molecule has 0 spiro atoms. The molecule has 0 aliphatic heterocycles. The standard InChI is InChI=1S/C15H18N4/c1-10-14(16-2)17-9-18-15(10)19-13-8-12(13)11-6-4-3-5-7-11/h3-7,9,12-13H,8H2,1-2H3,(H2,16,17,18,19). The largest absolute Gasteiger partial charge is 0.373 e. The number of hydrogen-bond donors (Lipinski definition) is 2. The van der Waals surface area contributed by atoms with E-state index in [9.17, 15) is 0 Å². The van der Waals surface area contributed by atoms with Gasteiger partial charge in [0.15, 0.2) is 0 Å². The van der Waals surface area contributed by atoms with E-state index in [-0.39, 0.29) is 0 Å². The molecule has 1 aliphatic rings. The van der Waals surface area contributed by atoms with Gasteiger partial charge in [0.05, 0.1) is 0 Å². The van der Waals surface area contributed by atoms with Crippen LogP contribution in [-0.4, -0.2) is 23.1 Å². The van der Waals surface area contributed by atoms with Gasteiger partial charge in [-0.05, 0) is 18.9 Å². The van der Waals surface area contributed by atoms with Crippen molar-refractivity contribution in [3.63, 3.8) is 0 Å². The molecule has 98 valence electrons. The van der Waals surface area contributed by atoms with E-state index in [2.05, 4.69) is 50.9 Å². The van der Waals surface area contributed by atoms with Crippen molar-refractivity contribution in [2.45, 2.75) is 25.3 Å². The second-order valence-corrected chi connectivity index (χ2v) is 4.95. The van der Waals surface area contributed by atoms with E-state index in [1.54, 1.807) is 6.33 Å². The first-order valence-corrected chi connectivity index (χ1v) is 6.60. The third-order valence-electron chi connectivity index (χ3n) is 3.66. The van der Waals surface area contributed by atoms with Crippen LogP contribution in [0.2, 0.25) is 0 Å². The zero-order chi connectivity index (χ0) is 13.2. The summed E-state index contributed by atoms with van der Waals surface area (Å²) in [5.74, 6) is 2.42. The topological polar surface area (TPSA) is 49.8 Å². The summed E-state index contributed by atoms with van der Waals surface area (Å²) in [6.07, 6.45) is 2.77. The number of aromatic nitrogens is 2. The van der Waals surface area contributed by atoms with Crippen LogP contribution in [0.15, 0.2) is 36.7 Å². The molecule has 2 atom stereocenters. The minimum Gasteiger partial charge on any atom is -0.373 e. The Morgan fingerprint density at radius 1 is 1.11 bits per heavy atom. The number of nitrogens with zero attached hydrogens (tertiary/aromatic N) is 2. The lowest BCUT2D eigenvalue weighted by Gasteiger charge is -2.10. The number of nitrogens with one attached hydrogen (secondary N) is 2. The maximum atomic E-state index is 4.33. The minimum atomic E-state index is 0.487. The predicted octanol–water partition coefficient (Wildman–Crippen LogP) is 2.79. The Morgan fingerprint density at radius 3 is 2.58 bits per heavy atom. The minimum absolute atomic E-state index is 0.487. The van der Waals surface area contributed by atoms with Crippen molar-refractivity contribution in [1.82, 2.24) is 9.97 Å². The lowest BCUT2D eigenvalue weighted by Crippen LogP contribution is -2.09. The molecule has 1 fully saturated rings. The molecule has 1 aromatic heterocycles. The second kappa shape index (κ2) is 4.88. The van der Waals surface area contributed by atoms with Gasteiger partial charge >= 0.3 is 0 Å². The summed E-state index contributed by atoms with van der Waals surface area (Å²) in [7, 11) is 1.88. The van der Waals surface area contributed by atoms with Gasteiger partial charge in [0.1, 0.15) is 18.0 Å². The van der Waals surface area contributed by atoms with Gasteiger partial charge in [-0.25, -0.2) is 9.97 Å². The van der Waals surface area contributed by atoms with Crippen molar-refractivity contribution in [3.8, 4) is 0 Å². The second-order valence-electron chi connectivity index (χ2n) is 4.95. The van der Waals surface area contributed by atoms with Gasteiger partial charge in [-0.15, -0.1) is 0 Å². The summed E-state index contributed by atoms with van der Waals surface area (Å²) in [6.45, 7) is 2.04. The summed E-state index contributed by atoms with van der Waals surface area (Å²) in [6, 6.07) is 11.1. The number of hydrogen-bond acceptors (Lipinski definition) is 4. The molecule has 2 unspecified atom stereocenters. The van der Waals surface area contributed by atoms with Crippen LogP contribution in [0.5, 0.6) is 0 Å². The molecule has 4 nitrogen and oxygen atoms in total. The van der Waals surface area contributed by atoms with E-state index in [1.807, 2.05) is 14.0 Å². The third kappa shape index (κ3) is 2.38. The quantitative estimate of drug-likeness (QED) is 0.881. The molecule has 1 aliphatic carbocycles. The Kier molecular flexibility index (Phi) is 3.07. The lowest BCUT2D eigenvalue weighted by molar-refractivity contribution is 1.01. The first-order chi connectivity index (χ1) is 9.29. The summed E-state index contributed by atoms with van der Waals surface area (Å²) in [4.78, 5) is 8.53. The molecule has 2 N–H and O–H groups in total. The van der Waals surface area contributed by atoms with E-state index in [1.165, 1.54) is 12.0 Å². The molecular weight excluding hydrogens is 236 g/mol. The van der Waals surface area contributed by atoms with E-state index in [4.69, 9.17) is 0 Å². The smallest absolute Gasteiger partial charge is 0.134 e. The summed E-state index contributed by atoms with van der Waals surface area (Å²) >= 11 is 0. The highest BCUT2D eigenvalue weighted by molar-refractivity contribution is 5.57. The van der Waals surface area contributed by atoms with Crippen LogP contribution in [0.1, 0.15) is 23.5 Å². The van der Waals surface area contributed by atoms with Crippen molar-refractivity contribution >= 4 is 11.6 Å². The fraction of sp³-hybridized carbons (Fsp3) is 0.333. The molecule has 0 bridgehead atoms. The summed E-state index contributed by atoms with van der Waals surface area (Å²) in [5, 5.41) is 6.60. The van der Waals surface area contributed by atoms with Crippen molar-refractivity contribution < 1.29 is 0 Å². The van der Waals surface area contributed by atoms with Crippen LogP contribution in [0.4, 0.5) is 11.6 Å². The van der Waals surface area contributed by atoms with Crippen molar-refractivity contribution in [2.24, 2.45) is 0 Å². The number of rotatable bonds is 4. The van der Waals surface area contributed by atoms with Gasteiger partial charge < -0.3 is 10.6 Å². The monoisotopic (exact) mass is 254 g/mol. The Hall–Kier alpha value is -2.10. The van der Waals surface area contributed by atoms with Crippen LogP contribution in [-0.2, 0) is 0 Å². The molecule has 3 rings (SSSR count).